The fraction of sp³-hybridized carbons (Fsp3) is 0.0952. The van der Waals surface area contributed by atoms with Gasteiger partial charge in [-0.1, -0.05) is 42.0 Å². The Morgan fingerprint density at radius 1 is 0.875 bits per heavy atom. The van der Waals surface area contributed by atoms with E-state index in [-0.39, 0.29) is 0 Å². The van der Waals surface area contributed by atoms with Crippen LogP contribution < -0.4 is 4.90 Å². The van der Waals surface area contributed by atoms with Crippen molar-refractivity contribution in [1.82, 2.24) is 0 Å². The maximum atomic E-state index is 9.32. The van der Waals surface area contributed by atoms with E-state index in [0.29, 0.717) is 11.1 Å². The molecule has 24 heavy (non-hydrogen) atoms. The summed E-state index contributed by atoms with van der Waals surface area (Å²) in [5.74, 6) is 0. The van der Waals surface area contributed by atoms with Crippen molar-refractivity contribution in [3.63, 3.8) is 0 Å². The highest BCUT2D eigenvalue weighted by Gasteiger charge is 2.16. The quantitative estimate of drug-likeness (QED) is 0.488. The van der Waals surface area contributed by atoms with Crippen molar-refractivity contribution >= 4 is 33.3 Å². The summed E-state index contributed by atoms with van der Waals surface area (Å²) in [4.78, 5) is 2.11. The molecule has 3 aromatic carbocycles. The van der Waals surface area contributed by atoms with Crippen LogP contribution in [0.25, 0.3) is 21.9 Å². The predicted molar refractivity (Wildman–Crippen MR) is 97.7 cm³/mol. The van der Waals surface area contributed by atoms with Gasteiger partial charge in [0.15, 0.2) is 11.2 Å². The van der Waals surface area contributed by atoms with Crippen molar-refractivity contribution in [1.29, 1.82) is 5.26 Å². The molecule has 4 aromatic rings. The smallest absolute Gasteiger partial charge is 0.159 e. The molecule has 3 heteroatoms. The van der Waals surface area contributed by atoms with Crippen LogP contribution in [0.5, 0.6) is 0 Å². The minimum atomic E-state index is 0.563. The van der Waals surface area contributed by atoms with E-state index in [1.54, 1.807) is 6.07 Å². The second-order valence-corrected chi connectivity index (χ2v) is 5.94. The Labute approximate surface area is 140 Å². The first-order chi connectivity index (χ1) is 11.7. The Morgan fingerprint density at radius 3 is 2.25 bits per heavy atom. The minimum Gasteiger partial charge on any atom is -0.452 e. The third-order valence-electron chi connectivity index (χ3n) is 4.41. The van der Waals surface area contributed by atoms with Gasteiger partial charge in [-0.2, -0.15) is 5.26 Å². The predicted octanol–water partition coefficient (Wildman–Crippen LogP) is 5.53. The number of hydrogen-bond acceptors (Lipinski definition) is 3. The molecule has 0 unspecified atom stereocenters. The summed E-state index contributed by atoms with van der Waals surface area (Å²) in [6, 6.07) is 22.4. The SMILES string of the molecule is Cc1ccc(N(C)c2cccc3c2oc2c(C#N)cccc23)cc1. The van der Waals surface area contributed by atoms with Gasteiger partial charge in [0.05, 0.1) is 11.3 Å². The summed E-state index contributed by atoms with van der Waals surface area (Å²) >= 11 is 0. The molecule has 0 N–H and O–H groups in total. The number of rotatable bonds is 2. The van der Waals surface area contributed by atoms with Crippen LogP contribution in [-0.4, -0.2) is 7.05 Å². The average molecular weight is 312 g/mol. The van der Waals surface area contributed by atoms with Crippen molar-refractivity contribution in [2.24, 2.45) is 0 Å². The molecule has 0 amide bonds. The van der Waals surface area contributed by atoms with Crippen LogP contribution in [0.1, 0.15) is 11.1 Å². The molecule has 0 fully saturated rings. The Bertz CT molecular complexity index is 1080. The first-order valence-electron chi connectivity index (χ1n) is 7.84. The summed E-state index contributed by atoms with van der Waals surface area (Å²) in [6.07, 6.45) is 0. The van der Waals surface area contributed by atoms with Crippen molar-refractivity contribution in [3.8, 4) is 6.07 Å². The molecule has 0 bridgehead atoms. The van der Waals surface area contributed by atoms with E-state index in [2.05, 4.69) is 42.2 Å². The summed E-state index contributed by atoms with van der Waals surface area (Å²) in [7, 11) is 2.03. The number of fused-ring (bicyclic) bond motifs is 3. The molecule has 0 saturated carbocycles. The molecule has 0 aliphatic rings. The zero-order chi connectivity index (χ0) is 16.7. The van der Waals surface area contributed by atoms with Crippen LogP contribution in [0.15, 0.2) is 65.1 Å². The van der Waals surface area contributed by atoms with E-state index in [0.717, 1.165) is 27.7 Å². The molecular weight excluding hydrogens is 296 g/mol. The second kappa shape index (κ2) is 5.43. The van der Waals surface area contributed by atoms with Crippen LogP contribution >= 0.6 is 0 Å². The molecule has 0 atom stereocenters. The van der Waals surface area contributed by atoms with Crippen molar-refractivity contribution < 1.29 is 4.42 Å². The molecule has 3 nitrogen and oxygen atoms in total. The normalized spacial score (nSPS) is 10.9. The van der Waals surface area contributed by atoms with Gasteiger partial charge < -0.3 is 9.32 Å². The lowest BCUT2D eigenvalue weighted by atomic mass is 10.1. The van der Waals surface area contributed by atoms with Gasteiger partial charge >= 0.3 is 0 Å². The van der Waals surface area contributed by atoms with E-state index in [9.17, 15) is 5.26 Å². The largest absolute Gasteiger partial charge is 0.452 e. The van der Waals surface area contributed by atoms with Crippen molar-refractivity contribution in [2.75, 3.05) is 11.9 Å². The third kappa shape index (κ3) is 2.12. The Morgan fingerprint density at radius 2 is 1.54 bits per heavy atom. The third-order valence-corrected chi connectivity index (χ3v) is 4.41. The maximum Gasteiger partial charge on any atom is 0.159 e. The highest BCUT2D eigenvalue weighted by molar-refractivity contribution is 6.10. The molecule has 0 saturated heterocycles. The summed E-state index contributed by atoms with van der Waals surface area (Å²) < 4.78 is 6.11. The number of para-hydroxylation sites is 2. The number of aryl methyl sites for hydroxylation is 1. The van der Waals surface area contributed by atoms with Crippen molar-refractivity contribution in [3.05, 3.63) is 71.8 Å². The van der Waals surface area contributed by atoms with E-state index < -0.39 is 0 Å². The molecule has 0 aliphatic heterocycles. The van der Waals surface area contributed by atoms with Gasteiger partial charge in [-0.3, -0.25) is 0 Å². The monoisotopic (exact) mass is 312 g/mol. The number of nitriles is 1. The number of benzene rings is 3. The molecule has 0 radical (unpaired) electrons. The van der Waals surface area contributed by atoms with E-state index in [4.69, 9.17) is 4.42 Å². The van der Waals surface area contributed by atoms with Crippen LogP contribution in [0.3, 0.4) is 0 Å². The highest BCUT2D eigenvalue weighted by Crippen LogP contribution is 2.38. The molecule has 1 aromatic heterocycles. The lowest BCUT2D eigenvalue weighted by Crippen LogP contribution is -2.09. The number of hydrogen-bond donors (Lipinski definition) is 0. The topological polar surface area (TPSA) is 40.2 Å². The van der Waals surface area contributed by atoms with Crippen molar-refractivity contribution in [2.45, 2.75) is 6.92 Å². The summed E-state index contributed by atoms with van der Waals surface area (Å²) in [5.41, 5.74) is 5.32. The van der Waals surface area contributed by atoms with Gasteiger partial charge in [0.2, 0.25) is 0 Å². The van der Waals surface area contributed by atoms with E-state index >= 15 is 0 Å². The van der Waals surface area contributed by atoms with Crippen LogP contribution in [-0.2, 0) is 0 Å². The lowest BCUT2D eigenvalue weighted by molar-refractivity contribution is 0.667. The van der Waals surface area contributed by atoms with E-state index in [1.165, 1.54) is 5.56 Å². The minimum absolute atomic E-state index is 0.563. The zero-order valence-electron chi connectivity index (χ0n) is 13.6. The number of furan rings is 1. The Kier molecular flexibility index (Phi) is 3.25. The lowest BCUT2D eigenvalue weighted by Gasteiger charge is -2.19. The fourth-order valence-corrected chi connectivity index (χ4v) is 3.06. The van der Waals surface area contributed by atoms with Gasteiger partial charge in [-0.05, 0) is 31.2 Å². The molecular formula is C21H16N2O. The maximum absolute atomic E-state index is 9.32. The molecule has 1 heterocycles. The molecule has 0 aliphatic carbocycles. The molecule has 0 spiro atoms. The van der Waals surface area contributed by atoms with Crippen LogP contribution in [0.2, 0.25) is 0 Å². The number of nitrogens with zero attached hydrogens (tertiary/aromatic N) is 2. The van der Waals surface area contributed by atoms with Gasteiger partial charge in [0, 0.05) is 23.5 Å². The van der Waals surface area contributed by atoms with E-state index in [1.807, 2.05) is 37.4 Å². The summed E-state index contributed by atoms with van der Waals surface area (Å²) in [5, 5.41) is 11.3. The summed E-state index contributed by atoms with van der Waals surface area (Å²) in [6.45, 7) is 2.08. The zero-order valence-corrected chi connectivity index (χ0v) is 13.6. The first kappa shape index (κ1) is 14.3. The molecule has 4 rings (SSSR count). The van der Waals surface area contributed by atoms with Gasteiger partial charge in [-0.15, -0.1) is 0 Å². The van der Waals surface area contributed by atoms with Crippen LogP contribution in [0, 0.1) is 18.3 Å². The highest BCUT2D eigenvalue weighted by atomic mass is 16.3. The first-order valence-corrected chi connectivity index (χ1v) is 7.84. The van der Waals surface area contributed by atoms with Crippen LogP contribution in [0.4, 0.5) is 11.4 Å². The second-order valence-electron chi connectivity index (χ2n) is 5.94. The van der Waals surface area contributed by atoms with Gasteiger partial charge in [-0.25, -0.2) is 0 Å². The Hall–Kier alpha value is -3.25. The average Bonchev–Trinajstić information content (AvgIpc) is 3.00. The van der Waals surface area contributed by atoms with Gasteiger partial charge in [0.25, 0.3) is 0 Å². The molecule has 116 valence electrons. The standard InChI is InChI=1S/C21H16N2O/c1-14-9-11-16(12-10-14)23(2)19-8-4-7-18-17-6-3-5-15(13-22)20(17)24-21(18)19/h3-12H,1-2H3. The fourth-order valence-electron chi connectivity index (χ4n) is 3.06. The Balaban J connectivity index is 1.96. The number of anilines is 2. The van der Waals surface area contributed by atoms with Gasteiger partial charge in [0.1, 0.15) is 6.07 Å².